The van der Waals surface area contributed by atoms with Crippen molar-refractivity contribution in [2.75, 3.05) is 0 Å². The molecule has 0 atom stereocenters. The molecule has 0 saturated heterocycles. The highest BCUT2D eigenvalue weighted by Gasteiger charge is 2.15. The number of rotatable bonds is 4. The molecule has 1 N–H and O–H groups in total. The minimum absolute atomic E-state index is 0.0851. The average Bonchev–Trinajstić information content (AvgIpc) is 2.40. The monoisotopic (exact) mass is 393 g/mol. The van der Waals surface area contributed by atoms with Crippen molar-refractivity contribution in [3.8, 4) is 0 Å². The Labute approximate surface area is 136 Å². The normalized spacial score (nSPS) is 11.6. The van der Waals surface area contributed by atoms with E-state index in [1.807, 2.05) is 24.3 Å². The van der Waals surface area contributed by atoms with Crippen molar-refractivity contribution in [1.82, 2.24) is 4.72 Å². The topological polar surface area (TPSA) is 46.2 Å². The first-order chi connectivity index (χ1) is 9.38. The minimum Gasteiger partial charge on any atom is -0.207 e. The van der Waals surface area contributed by atoms with Gasteiger partial charge in [-0.25, -0.2) is 13.1 Å². The van der Waals surface area contributed by atoms with Crippen LogP contribution < -0.4 is 4.72 Å². The van der Waals surface area contributed by atoms with Crippen LogP contribution in [-0.2, 0) is 16.6 Å². The smallest absolute Gasteiger partial charge is 0.207 e. The van der Waals surface area contributed by atoms with E-state index in [9.17, 15) is 8.42 Å². The molecule has 0 aliphatic rings. The Kier molecular flexibility index (Phi) is 5.09. The molecule has 20 heavy (non-hydrogen) atoms. The summed E-state index contributed by atoms with van der Waals surface area (Å²) < 4.78 is 27.7. The highest BCUT2D eigenvalue weighted by atomic mass is 79.9. The van der Waals surface area contributed by atoms with Gasteiger partial charge in [-0.1, -0.05) is 51.3 Å². The van der Waals surface area contributed by atoms with Crippen molar-refractivity contribution in [2.24, 2.45) is 0 Å². The summed E-state index contributed by atoms with van der Waals surface area (Å²) >= 11 is 14.9. The number of nitrogens with one attached hydrogen (secondary N) is 1. The molecule has 106 valence electrons. The van der Waals surface area contributed by atoms with Gasteiger partial charge in [0.25, 0.3) is 0 Å². The van der Waals surface area contributed by atoms with Gasteiger partial charge in [-0.05, 0) is 35.9 Å². The molecule has 0 aromatic heterocycles. The summed E-state index contributed by atoms with van der Waals surface area (Å²) in [6, 6.07) is 11.6. The van der Waals surface area contributed by atoms with E-state index in [1.54, 1.807) is 0 Å². The van der Waals surface area contributed by atoms with Gasteiger partial charge in [-0.3, -0.25) is 0 Å². The molecule has 0 radical (unpaired) electrons. The molecular formula is C13H10BrCl2NO2S. The molecule has 0 spiro atoms. The Morgan fingerprint density at radius 3 is 2.45 bits per heavy atom. The van der Waals surface area contributed by atoms with Gasteiger partial charge in [0.2, 0.25) is 10.0 Å². The molecule has 3 nitrogen and oxygen atoms in total. The SMILES string of the molecule is O=S(=O)(NCc1cccc(Br)c1)c1ccc(Cl)c(Cl)c1. The van der Waals surface area contributed by atoms with Crippen molar-refractivity contribution in [3.63, 3.8) is 0 Å². The minimum atomic E-state index is -3.62. The van der Waals surface area contributed by atoms with Crippen LogP contribution in [0.2, 0.25) is 10.0 Å². The van der Waals surface area contributed by atoms with Crippen LogP contribution in [0.25, 0.3) is 0 Å². The van der Waals surface area contributed by atoms with E-state index < -0.39 is 10.0 Å². The number of hydrogen-bond acceptors (Lipinski definition) is 2. The lowest BCUT2D eigenvalue weighted by atomic mass is 10.2. The standard InChI is InChI=1S/C13H10BrCl2NO2S/c14-10-3-1-2-9(6-10)8-17-20(18,19)11-4-5-12(15)13(16)7-11/h1-7,17H,8H2. The maximum Gasteiger partial charge on any atom is 0.240 e. The number of sulfonamides is 1. The van der Waals surface area contributed by atoms with Gasteiger partial charge in [0.15, 0.2) is 0 Å². The molecule has 0 saturated carbocycles. The van der Waals surface area contributed by atoms with E-state index in [-0.39, 0.29) is 16.5 Å². The van der Waals surface area contributed by atoms with Crippen LogP contribution in [0.4, 0.5) is 0 Å². The van der Waals surface area contributed by atoms with E-state index in [0.717, 1.165) is 10.0 Å². The summed E-state index contributed by atoms with van der Waals surface area (Å²) in [5.74, 6) is 0. The fourth-order valence-corrected chi connectivity index (χ4v) is 3.41. The van der Waals surface area contributed by atoms with Crippen molar-refractivity contribution >= 4 is 49.2 Å². The van der Waals surface area contributed by atoms with Gasteiger partial charge in [-0.15, -0.1) is 0 Å². The Morgan fingerprint density at radius 2 is 1.80 bits per heavy atom. The van der Waals surface area contributed by atoms with E-state index in [4.69, 9.17) is 23.2 Å². The largest absolute Gasteiger partial charge is 0.240 e. The zero-order valence-electron chi connectivity index (χ0n) is 10.1. The van der Waals surface area contributed by atoms with Crippen LogP contribution in [-0.4, -0.2) is 8.42 Å². The zero-order valence-corrected chi connectivity index (χ0v) is 14.0. The van der Waals surface area contributed by atoms with Crippen molar-refractivity contribution in [2.45, 2.75) is 11.4 Å². The second-order valence-electron chi connectivity index (χ2n) is 4.03. The summed E-state index contributed by atoms with van der Waals surface area (Å²) in [6.45, 7) is 0.196. The molecule has 0 bridgehead atoms. The second kappa shape index (κ2) is 6.45. The first kappa shape index (κ1) is 15.8. The summed E-state index contributed by atoms with van der Waals surface area (Å²) in [7, 11) is -3.62. The van der Waals surface area contributed by atoms with Crippen LogP contribution in [0.5, 0.6) is 0 Å². The summed E-state index contributed by atoms with van der Waals surface area (Å²) in [5.41, 5.74) is 0.850. The fraction of sp³-hybridized carbons (Fsp3) is 0.0769. The zero-order chi connectivity index (χ0) is 14.8. The number of hydrogen-bond donors (Lipinski definition) is 1. The highest BCUT2D eigenvalue weighted by molar-refractivity contribution is 9.10. The lowest BCUT2D eigenvalue weighted by Gasteiger charge is -2.08. The molecular weight excluding hydrogens is 385 g/mol. The van der Waals surface area contributed by atoms with E-state index in [0.29, 0.717) is 5.02 Å². The van der Waals surface area contributed by atoms with Gasteiger partial charge in [0, 0.05) is 11.0 Å². The molecule has 2 rings (SSSR count). The molecule has 2 aromatic carbocycles. The maximum absolute atomic E-state index is 12.1. The van der Waals surface area contributed by atoms with Gasteiger partial charge in [-0.2, -0.15) is 0 Å². The molecule has 0 aliphatic carbocycles. The Morgan fingerprint density at radius 1 is 1.05 bits per heavy atom. The predicted molar refractivity (Wildman–Crippen MR) is 84.6 cm³/mol. The summed E-state index contributed by atoms with van der Waals surface area (Å²) in [5, 5.41) is 0.523. The molecule has 7 heteroatoms. The van der Waals surface area contributed by atoms with Crippen molar-refractivity contribution < 1.29 is 8.42 Å². The van der Waals surface area contributed by atoms with Crippen LogP contribution in [0.15, 0.2) is 51.8 Å². The number of benzene rings is 2. The third-order valence-corrected chi connectivity index (χ3v) is 5.19. The Balaban J connectivity index is 2.17. The Hall–Kier alpha value is -0.590. The summed E-state index contributed by atoms with van der Waals surface area (Å²) in [6.07, 6.45) is 0. The summed E-state index contributed by atoms with van der Waals surface area (Å²) in [4.78, 5) is 0.0851. The van der Waals surface area contributed by atoms with Crippen LogP contribution in [0.1, 0.15) is 5.56 Å². The second-order valence-corrected chi connectivity index (χ2v) is 7.53. The Bertz CT molecular complexity index is 735. The molecule has 0 amide bonds. The maximum atomic E-state index is 12.1. The lowest BCUT2D eigenvalue weighted by molar-refractivity contribution is 0.581. The highest BCUT2D eigenvalue weighted by Crippen LogP contribution is 2.24. The van der Waals surface area contributed by atoms with Crippen molar-refractivity contribution in [3.05, 3.63) is 62.5 Å². The molecule has 0 unspecified atom stereocenters. The van der Waals surface area contributed by atoms with E-state index >= 15 is 0 Å². The third kappa shape index (κ3) is 3.96. The first-order valence-electron chi connectivity index (χ1n) is 5.58. The van der Waals surface area contributed by atoms with Crippen LogP contribution >= 0.6 is 39.1 Å². The number of halogens is 3. The van der Waals surface area contributed by atoms with E-state index in [1.165, 1.54) is 18.2 Å². The quantitative estimate of drug-likeness (QED) is 0.843. The fourth-order valence-electron chi connectivity index (χ4n) is 1.55. The van der Waals surface area contributed by atoms with Crippen LogP contribution in [0, 0.1) is 0 Å². The first-order valence-corrected chi connectivity index (χ1v) is 8.61. The lowest BCUT2D eigenvalue weighted by Crippen LogP contribution is -2.23. The third-order valence-electron chi connectivity index (χ3n) is 2.56. The average molecular weight is 395 g/mol. The van der Waals surface area contributed by atoms with Crippen molar-refractivity contribution in [1.29, 1.82) is 0 Å². The molecule has 0 aliphatic heterocycles. The molecule has 0 heterocycles. The van der Waals surface area contributed by atoms with Gasteiger partial charge in [0.05, 0.1) is 14.9 Å². The molecule has 2 aromatic rings. The van der Waals surface area contributed by atoms with Gasteiger partial charge in [0.1, 0.15) is 0 Å². The van der Waals surface area contributed by atoms with Crippen LogP contribution in [0.3, 0.4) is 0 Å². The predicted octanol–water partition coefficient (Wildman–Crippen LogP) is 4.23. The molecule has 0 fully saturated rings. The van der Waals surface area contributed by atoms with Gasteiger partial charge >= 0.3 is 0 Å². The van der Waals surface area contributed by atoms with Gasteiger partial charge < -0.3 is 0 Å². The van der Waals surface area contributed by atoms with E-state index in [2.05, 4.69) is 20.7 Å².